The summed E-state index contributed by atoms with van der Waals surface area (Å²) in [7, 11) is -0.813. The molecule has 3 heterocycles. The van der Waals surface area contributed by atoms with Crippen LogP contribution in [-0.4, -0.2) is 39.7 Å². The van der Waals surface area contributed by atoms with Gasteiger partial charge in [0.05, 0.1) is 29.8 Å². The van der Waals surface area contributed by atoms with Gasteiger partial charge in [-0.1, -0.05) is 18.2 Å². The average molecular weight is 472 g/mol. The lowest BCUT2D eigenvalue weighted by Gasteiger charge is -2.08. The van der Waals surface area contributed by atoms with Gasteiger partial charge in [0, 0.05) is 19.7 Å². The van der Waals surface area contributed by atoms with Crippen molar-refractivity contribution in [1.82, 2.24) is 18.7 Å². The molecule has 4 rings (SSSR count). The number of aromatic nitrogens is 4. The Morgan fingerprint density at radius 3 is 2.55 bits per heavy atom. The summed E-state index contributed by atoms with van der Waals surface area (Å²) < 4.78 is 39.4. The molecular formula is C21H20N4O7S. The van der Waals surface area contributed by atoms with E-state index < -0.39 is 32.8 Å². The molecule has 0 aliphatic rings. The molecule has 33 heavy (non-hydrogen) atoms. The molecule has 12 heteroatoms. The molecule has 3 aromatic heterocycles. The van der Waals surface area contributed by atoms with E-state index in [4.69, 9.17) is 9.15 Å². The summed E-state index contributed by atoms with van der Waals surface area (Å²) in [6.07, 6.45) is 2.60. The lowest BCUT2D eigenvalue weighted by Crippen LogP contribution is -2.37. The van der Waals surface area contributed by atoms with Gasteiger partial charge in [-0.05, 0) is 18.2 Å². The average Bonchev–Trinajstić information content (AvgIpc) is 3.43. The largest absolute Gasteiger partial charge is 0.458 e. The first kappa shape index (κ1) is 22.3. The van der Waals surface area contributed by atoms with Crippen molar-refractivity contribution >= 4 is 27.0 Å². The number of esters is 1. The molecule has 172 valence electrons. The van der Waals surface area contributed by atoms with E-state index in [9.17, 15) is 22.8 Å². The number of rotatable bonds is 7. The topological polar surface area (TPSA) is 135 Å². The Balaban J connectivity index is 1.48. The molecule has 0 bridgehead atoms. The van der Waals surface area contributed by atoms with E-state index in [-0.39, 0.29) is 40.5 Å². The number of imidazole rings is 1. The maximum Gasteiger partial charge on any atom is 0.374 e. The van der Waals surface area contributed by atoms with Crippen molar-refractivity contribution in [2.24, 2.45) is 14.1 Å². The van der Waals surface area contributed by atoms with Crippen LogP contribution in [0.4, 0.5) is 0 Å². The van der Waals surface area contributed by atoms with Gasteiger partial charge in [0.25, 0.3) is 5.56 Å². The van der Waals surface area contributed by atoms with Crippen LogP contribution in [0.3, 0.4) is 0 Å². The van der Waals surface area contributed by atoms with Crippen LogP contribution in [0.2, 0.25) is 0 Å². The summed E-state index contributed by atoms with van der Waals surface area (Å²) in [5.41, 5.74) is -0.422. The summed E-state index contributed by atoms with van der Waals surface area (Å²) >= 11 is 0. The molecule has 0 aliphatic heterocycles. The summed E-state index contributed by atoms with van der Waals surface area (Å²) in [4.78, 5) is 41.2. The Labute approximate surface area is 187 Å². The SMILES string of the molecule is Cn1c(=O)c2c(ncn2CCOC(=O)c2occc2CS(=O)(=O)c2ccccc2)n(C)c1=O. The Bertz CT molecular complexity index is 1560. The number of furan rings is 1. The number of aryl methyl sites for hydroxylation is 1. The van der Waals surface area contributed by atoms with Gasteiger partial charge in [-0.15, -0.1) is 0 Å². The molecule has 0 radical (unpaired) electrons. The highest BCUT2D eigenvalue weighted by atomic mass is 32.2. The molecule has 0 spiro atoms. The van der Waals surface area contributed by atoms with Crippen molar-refractivity contribution < 1.29 is 22.4 Å². The summed E-state index contributed by atoms with van der Waals surface area (Å²) in [5.74, 6) is -1.46. The Morgan fingerprint density at radius 2 is 1.82 bits per heavy atom. The number of hydrogen-bond donors (Lipinski definition) is 0. The van der Waals surface area contributed by atoms with Crippen molar-refractivity contribution in [2.75, 3.05) is 6.61 Å². The number of carbonyl (C=O) groups is 1. The minimum atomic E-state index is -3.68. The minimum absolute atomic E-state index is 0.0913. The monoisotopic (exact) mass is 472 g/mol. The highest BCUT2D eigenvalue weighted by molar-refractivity contribution is 7.90. The number of ether oxygens (including phenoxy) is 1. The van der Waals surface area contributed by atoms with Gasteiger partial charge in [0.2, 0.25) is 5.76 Å². The van der Waals surface area contributed by atoms with Gasteiger partial charge in [-0.3, -0.25) is 13.9 Å². The van der Waals surface area contributed by atoms with Crippen LogP contribution in [0.1, 0.15) is 16.1 Å². The molecule has 0 saturated heterocycles. The van der Waals surface area contributed by atoms with Gasteiger partial charge >= 0.3 is 11.7 Å². The van der Waals surface area contributed by atoms with Crippen LogP contribution < -0.4 is 11.2 Å². The highest BCUT2D eigenvalue weighted by Crippen LogP contribution is 2.20. The molecule has 4 aromatic rings. The minimum Gasteiger partial charge on any atom is -0.458 e. The fraction of sp³-hybridized carbons (Fsp3) is 0.238. The van der Waals surface area contributed by atoms with Gasteiger partial charge in [-0.2, -0.15) is 0 Å². The third kappa shape index (κ3) is 4.12. The zero-order valence-corrected chi connectivity index (χ0v) is 18.6. The molecule has 11 nitrogen and oxygen atoms in total. The molecule has 0 aliphatic carbocycles. The van der Waals surface area contributed by atoms with E-state index in [0.717, 1.165) is 4.57 Å². The molecule has 0 N–H and O–H groups in total. The summed E-state index contributed by atoms with van der Waals surface area (Å²) in [5, 5.41) is 0. The van der Waals surface area contributed by atoms with Crippen molar-refractivity contribution in [3.8, 4) is 0 Å². The van der Waals surface area contributed by atoms with Gasteiger partial charge in [0.15, 0.2) is 21.0 Å². The Morgan fingerprint density at radius 1 is 1.09 bits per heavy atom. The van der Waals surface area contributed by atoms with Crippen molar-refractivity contribution in [2.45, 2.75) is 17.2 Å². The number of fused-ring (bicyclic) bond motifs is 1. The first-order valence-electron chi connectivity index (χ1n) is 9.83. The van der Waals surface area contributed by atoms with E-state index >= 15 is 0 Å². The van der Waals surface area contributed by atoms with E-state index in [2.05, 4.69) is 4.98 Å². The van der Waals surface area contributed by atoms with E-state index in [1.165, 1.54) is 54.0 Å². The lowest BCUT2D eigenvalue weighted by atomic mass is 10.3. The first-order valence-corrected chi connectivity index (χ1v) is 11.5. The predicted octanol–water partition coefficient (Wildman–Crippen LogP) is 0.858. The Hall–Kier alpha value is -3.93. The molecule has 0 fully saturated rings. The van der Waals surface area contributed by atoms with Crippen molar-refractivity contribution in [3.05, 3.63) is 81.2 Å². The van der Waals surface area contributed by atoms with Gasteiger partial charge in [0.1, 0.15) is 6.61 Å². The van der Waals surface area contributed by atoms with Crippen LogP contribution in [-0.2, 0) is 41.0 Å². The smallest absolute Gasteiger partial charge is 0.374 e. The zero-order valence-electron chi connectivity index (χ0n) is 17.8. The fourth-order valence-corrected chi connectivity index (χ4v) is 4.79. The van der Waals surface area contributed by atoms with Crippen LogP contribution >= 0.6 is 0 Å². The van der Waals surface area contributed by atoms with E-state index in [1.807, 2.05) is 0 Å². The van der Waals surface area contributed by atoms with E-state index in [0.29, 0.717) is 0 Å². The second kappa shape index (κ2) is 8.54. The maximum absolute atomic E-state index is 12.6. The number of benzene rings is 1. The molecular weight excluding hydrogens is 452 g/mol. The van der Waals surface area contributed by atoms with Crippen LogP contribution in [0.5, 0.6) is 0 Å². The fourth-order valence-electron chi connectivity index (χ4n) is 3.41. The molecule has 1 aromatic carbocycles. The van der Waals surface area contributed by atoms with Crippen molar-refractivity contribution in [1.29, 1.82) is 0 Å². The van der Waals surface area contributed by atoms with Crippen LogP contribution in [0.15, 0.2) is 67.9 Å². The third-order valence-corrected chi connectivity index (χ3v) is 6.84. The number of carbonyl (C=O) groups excluding carboxylic acids is 1. The second-order valence-corrected chi connectivity index (χ2v) is 9.29. The number of sulfone groups is 1. The summed E-state index contributed by atoms with van der Waals surface area (Å²) in [6.45, 7) is -0.0457. The zero-order chi connectivity index (χ0) is 23.8. The quantitative estimate of drug-likeness (QED) is 0.361. The Kier molecular flexibility index (Phi) is 5.77. The predicted molar refractivity (Wildman–Crippen MR) is 117 cm³/mol. The van der Waals surface area contributed by atoms with E-state index in [1.54, 1.807) is 18.2 Å². The molecule has 0 saturated carbocycles. The number of nitrogens with zero attached hydrogens (tertiary/aromatic N) is 4. The van der Waals surface area contributed by atoms with Gasteiger partial charge < -0.3 is 13.7 Å². The highest BCUT2D eigenvalue weighted by Gasteiger charge is 2.23. The van der Waals surface area contributed by atoms with Crippen LogP contribution in [0, 0.1) is 0 Å². The molecule has 0 unspecified atom stereocenters. The van der Waals surface area contributed by atoms with Gasteiger partial charge in [-0.25, -0.2) is 23.0 Å². The third-order valence-electron chi connectivity index (χ3n) is 5.16. The maximum atomic E-state index is 12.6. The summed E-state index contributed by atoms with van der Waals surface area (Å²) in [6, 6.07) is 9.29. The second-order valence-electron chi connectivity index (χ2n) is 7.30. The standard InChI is InChI=1S/C21H20N4O7S/c1-23-18-16(19(26)24(2)21(23)28)25(13-22-18)9-11-32-20(27)17-14(8-10-31-17)12-33(29,30)15-6-4-3-5-7-15/h3-8,10,13H,9,11-12H2,1-2H3. The van der Waals surface area contributed by atoms with Crippen molar-refractivity contribution in [3.63, 3.8) is 0 Å². The number of hydrogen-bond acceptors (Lipinski definition) is 8. The van der Waals surface area contributed by atoms with Crippen LogP contribution in [0.25, 0.3) is 11.2 Å². The molecule has 0 atom stereocenters. The lowest BCUT2D eigenvalue weighted by molar-refractivity contribution is 0.0455. The normalized spacial score (nSPS) is 11.7. The first-order chi connectivity index (χ1) is 15.7. The molecule has 0 amide bonds.